The molecule has 0 saturated carbocycles. The molecule has 0 aliphatic carbocycles. The molecular formula is C18H29N3O2. The van der Waals surface area contributed by atoms with Crippen molar-refractivity contribution in [3.8, 4) is 0 Å². The fraction of sp³-hybridized carbons (Fsp3) is 0.611. The Kier molecular flexibility index (Phi) is 6.86. The van der Waals surface area contributed by atoms with E-state index in [1.165, 1.54) is 0 Å². The van der Waals surface area contributed by atoms with Crippen molar-refractivity contribution < 1.29 is 9.53 Å². The summed E-state index contributed by atoms with van der Waals surface area (Å²) >= 11 is 0. The maximum absolute atomic E-state index is 12.1. The van der Waals surface area contributed by atoms with Gasteiger partial charge in [-0.2, -0.15) is 0 Å². The van der Waals surface area contributed by atoms with Crippen LogP contribution in [0.3, 0.4) is 0 Å². The number of benzene rings is 1. The number of rotatable bonds is 7. The molecule has 2 rings (SSSR count). The van der Waals surface area contributed by atoms with Gasteiger partial charge in [0.25, 0.3) is 0 Å². The first-order valence-corrected chi connectivity index (χ1v) is 8.50. The van der Waals surface area contributed by atoms with E-state index in [9.17, 15) is 4.79 Å². The van der Waals surface area contributed by atoms with Crippen molar-refractivity contribution in [2.45, 2.75) is 32.7 Å². The molecular weight excluding hydrogens is 290 g/mol. The first-order valence-electron chi connectivity index (χ1n) is 8.50. The van der Waals surface area contributed by atoms with Crippen LogP contribution in [0, 0.1) is 5.92 Å². The lowest BCUT2D eigenvalue weighted by Gasteiger charge is -2.36. The van der Waals surface area contributed by atoms with Crippen LogP contribution in [0.15, 0.2) is 24.3 Å². The van der Waals surface area contributed by atoms with Crippen LogP contribution >= 0.6 is 0 Å². The van der Waals surface area contributed by atoms with Crippen molar-refractivity contribution in [3.63, 3.8) is 0 Å². The van der Waals surface area contributed by atoms with Crippen LogP contribution in [0.5, 0.6) is 0 Å². The molecule has 23 heavy (non-hydrogen) atoms. The van der Waals surface area contributed by atoms with Gasteiger partial charge in [-0.05, 0) is 24.0 Å². The molecule has 1 heterocycles. The average molecular weight is 319 g/mol. The number of amides is 1. The molecule has 5 heteroatoms. The number of nitrogens with zero attached hydrogens (tertiary/aromatic N) is 1. The molecule has 5 nitrogen and oxygen atoms in total. The van der Waals surface area contributed by atoms with Crippen molar-refractivity contribution in [2.24, 2.45) is 5.92 Å². The number of carbonyl (C=O) groups excluding carboxylic acids is 1. The van der Waals surface area contributed by atoms with Crippen LogP contribution in [0.1, 0.15) is 25.8 Å². The molecule has 1 amide bonds. The Bertz CT molecular complexity index is 499. The van der Waals surface area contributed by atoms with Crippen LogP contribution < -0.4 is 11.1 Å². The number of anilines is 1. The topological polar surface area (TPSA) is 67.6 Å². The molecule has 1 saturated heterocycles. The number of morpholine rings is 1. The number of carbonyl (C=O) groups is 1. The molecule has 1 fully saturated rings. The third-order valence-corrected chi connectivity index (χ3v) is 4.47. The van der Waals surface area contributed by atoms with Gasteiger partial charge in [-0.3, -0.25) is 9.69 Å². The maximum atomic E-state index is 12.1. The second-order valence-electron chi connectivity index (χ2n) is 6.46. The molecule has 3 N–H and O–H groups in total. The van der Waals surface area contributed by atoms with Crippen molar-refractivity contribution in [1.29, 1.82) is 0 Å². The molecule has 0 aromatic heterocycles. The van der Waals surface area contributed by atoms with E-state index in [4.69, 9.17) is 10.5 Å². The lowest BCUT2D eigenvalue weighted by atomic mass is 10.0. The van der Waals surface area contributed by atoms with Gasteiger partial charge in [0.1, 0.15) is 0 Å². The smallest absolute Gasteiger partial charge is 0.220 e. The maximum Gasteiger partial charge on any atom is 0.220 e. The second-order valence-corrected chi connectivity index (χ2v) is 6.46. The molecule has 1 aromatic carbocycles. The fourth-order valence-electron chi connectivity index (χ4n) is 3.01. The van der Waals surface area contributed by atoms with E-state index in [1.807, 2.05) is 24.3 Å². The lowest BCUT2D eigenvalue weighted by molar-refractivity contribution is -0.121. The Morgan fingerprint density at radius 3 is 2.65 bits per heavy atom. The summed E-state index contributed by atoms with van der Waals surface area (Å²) in [6.45, 7) is 8.56. The van der Waals surface area contributed by atoms with Crippen LogP contribution in [0.4, 0.5) is 5.69 Å². The number of nitrogen functional groups attached to an aromatic ring is 1. The van der Waals surface area contributed by atoms with E-state index in [-0.39, 0.29) is 5.91 Å². The zero-order valence-corrected chi connectivity index (χ0v) is 14.3. The van der Waals surface area contributed by atoms with Gasteiger partial charge in [-0.15, -0.1) is 0 Å². The van der Waals surface area contributed by atoms with E-state index >= 15 is 0 Å². The second kappa shape index (κ2) is 8.89. The first kappa shape index (κ1) is 17.8. The summed E-state index contributed by atoms with van der Waals surface area (Å²) in [5.74, 6) is 0.588. The zero-order valence-electron chi connectivity index (χ0n) is 14.3. The average Bonchev–Trinajstić information content (AvgIpc) is 2.55. The Hall–Kier alpha value is -1.59. The van der Waals surface area contributed by atoms with Crippen LogP contribution in [0.2, 0.25) is 0 Å². The highest BCUT2D eigenvalue weighted by molar-refractivity contribution is 5.76. The Morgan fingerprint density at radius 1 is 1.30 bits per heavy atom. The standard InChI is InChI=1S/C18H29N3O2/c1-14(2)17(21-9-11-23-12-10-21)13-20-18(22)8-7-15-5-3-4-6-16(15)19/h3-6,14,17H,7-13,19H2,1-2H3,(H,20,22). The minimum atomic E-state index is 0.0900. The van der Waals surface area contributed by atoms with Crippen LogP contribution in [-0.4, -0.2) is 49.7 Å². The normalized spacial score (nSPS) is 17.2. The zero-order chi connectivity index (χ0) is 16.7. The van der Waals surface area contributed by atoms with Gasteiger partial charge in [0.15, 0.2) is 0 Å². The minimum Gasteiger partial charge on any atom is -0.399 e. The quantitative estimate of drug-likeness (QED) is 0.750. The van der Waals surface area contributed by atoms with Gasteiger partial charge in [0.2, 0.25) is 5.91 Å². The van der Waals surface area contributed by atoms with Crippen LogP contribution in [-0.2, 0) is 16.0 Å². The van der Waals surface area contributed by atoms with Gasteiger partial charge in [-0.1, -0.05) is 32.0 Å². The third kappa shape index (κ3) is 5.52. The number of aryl methyl sites for hydroxylation is 1. The van der Waals surface area contributed by atoms with E-state index in [0.29, 0.717) is 31.3 Å². The van der Waals surface area contributed by atoms with Gasteiger partial charge >= 0.3 is 0 Å². The van der Waals surface area contributed by atoms with Gasteiger partial charge in [0.05, 0.1) is 13.2 Å². The molecule has 0 radical (unpaired) electrons. The number of ether oxygens (including phenoxy) is 1. The largest absolute Gasteiger partial charge is 0.399 e. The summed E-state index contributed by atoms with van der Waals surface area (Å²) < 4.78 is 5.41. The lowest BCUT2D eigenvalue weighted by Crippen LogP contribution is -2.51. The molecule has 1 unspecified atom stereocenters. The summed E-state index contributed by atoms with van der Waals surface area (Å²) in [7, 11) is 0. The van der Waals surface area contributed by atoms with E-state index in [2.05, 4.69) is 24.1 Å². The van der Waals surface area contributed by atoms with Crippen molar-refractivity contribution >= 4 is 11.6 Å². The summed E-state index contributed by atoms with van der Waals surface area (Å²) in [4.78, 5) is 14.6. The third-order valence-electron chi connectivity index (χ3n) is 4.47. The van der Waals surface area contributed by atoms with Crippen molar-refractivity contribution in [2.75, 3.05) is 38.6 Å². The minimum absolute atomic E-state index is 0.0900. The summed E-state index contributed by atoms with van der Waals surface area (Å²) in [6, 6.07) is 8.09. The molecule has 0 bridgehead atoms. The molecule has 1 atom stereocenters. The fourth-order valence-corrected chi connectivity index (χ4v) is 3.01. The number of nitrogens with two attached hydrogens (primary N) is 1. The van der Waals surface area contributed by atoms with Gasteiger partial charge in [0, 0.05) is 37.8 Å². The number of para-hydroxylation sites is 1. The number of hydrogen-bond donors (Lipinski definition) is 2. The monoisotopic (exact) mass is 319 g/mol. The van der Waals surface area contributed by atoms with Crippen molar-refractivity contribution in [1.82, 2.24) is 10.2 Å². The number of nitrogens with one attached hydrogen (secondary N) is 1. The predicted molar refractivity (Wildman–Crippen MR) is 93.2 cm³/mol. The molecule has 1 aliphatic rings. The number of hydrogen-bond acceptors (Lipinski definition) is 4. The Labute approximate surface area is 139 Å². The van der Waals surface area contributed by atoms with Crippen LogP contribution in [0.25, 0.3) is 0 Å². The molecule has 1 aromatic rings. The van der Waals surface area contributed by atoms with Crippen molar-refractivity contribution in [3.05, 3.63) is 29.8 Å². The van der Waals surface area contributed by atoms with E-state index in [1.54, 1.807) is 0 Å². The van der Waals surface area contributed by atoms with Gasteiger partial charge < -0.3 is 15.8 Å². The highest BCUT2D eigenvalue weighted by atomic mass is 16.5. The summed E-state index contributed by atoms with van der Waals surface area (Å²) in [5.41, 5.74) is 7.71. The molecule has 1 aliphatic heterocycles. The van der Waals surface area contributed by atoms with E-state index < -0.39 is 0 Å². The highest BCUT2D eigenvalue weighted by Gasteiger charge is 2.24. The molecule has 0 spiro atoms. The summed E-state index contributed by atoms with van der Waals surface area (Å²) in [6.07, 6.45) is 1.16. The SMILES string of the molecule is CC(C)C(CNC(=O)CCc1ccccc1N)N1CCOCC1. The first-order chi connectivity index (χ1) is 11.1. The Balaban J connectivity index is 1.78. The summed E-state index contributed by atoms with van der Waals surface area (Å²) in [5, 5.41) is 3.09. The Morgan fingerprint density at radius 2 is 2.00 bits per heavy atom. The van der Waals surface area contributed by atoms with Gasteiger partial charge in [-0.25, -0.2) is 0 Å². The predicted octanol–water partition coefficient (Wildman–Crippen LogP) is 1.67. The van der Waals surface area contributed by atoms with E-state index in [0.717, 1.165) is 37.6 Å². The molecule has 128 valence electrons. The highest BCUT2D eigenvalue weighted by Crippen LogP contribution is 2.14.